The Hall–Kier alpha value is 0.0649. The van der Waals surface area contributed by atoms with Gasteiger partial charge in [-0.15, -0.1) is 0 Å². The van der Waals surface area contributed by atoms with Crippen LogP contribution in [0.25, 0.3) is 0 Å². The largest absolute Gasteiger partial charge is 0.117 e. The molecule has 0 N–H and O–H groups in total. The summed E-state index contributed by atoms with van der Waals surface area (Å²) in [7, 11) is 2.63. The maximum absolute atomic E-state index is 2.63. The highest BCUT2D eigenvalue weighted by atomic mass is 14.3. The van der Waals surface area contributed by atoms with E-state index in [1.54, 1.807) is 0 Å². The lowest BCUT2D eigenvalue weighted by molar-refractivity contribution is 0.336. The van der Waals surface area contributed by atoms with Gasteiger partial charge in [-0.2, -0.15) is 0 Å². The van der Waals surface area contributed by atoms with Crippen LogP contribution in [-0.2, 0) is 0 Å². The number of hydrogen-bond acceptors (Lipinski definition) is 0. The summed E-state index contributed by atoms with van der Waals surface area (Å²) < 4.78 is 0. The molecule has 0 aliphatic heterocycles. The highest BCUT2D eigenvalue weighted by Gasteiger charge is 2.30. The van der Waals surface area contributed by atoms with Gasteiger partial charge in [-0.25, -0.2) is 0 Å². The van der Waals surface area contributed by atoms with Crippen molar-refractivity contribution in [1.29, 1.82) is 0 Å². The summed E-state index contributed by atoms with van der Waals surface area (Å²) in [6, 6.07) is 0. The molecule has 0 nitrogen and oxygen atoms in total. The van der Waals surface area contributed by atoms with Crippen molar-refractivity contribution in [2.24, 2.45) is 5.92 Å². The topological polar surface area (TPSA) is 0 Å². The lowest BCUT2D eigenvalue weighted by Gasteiger charge is -2.37. The second kappa shape index (κ2) is 4.94. The van der Waals surface area contributed by atoms with Gasteiger partial charge >= 0.3 is 0 Å². The average Bonchev–Trinajstić information content (AvgIpc) is 1.96. The Kier molecular flexibility index (Phi) is 4.18. The van der Waals surface area contributed by atoms with E-state index in [2.05, 4.69) is 14.2 Å². The van der Waals surface area contributed by atoms with E-state index in [1.165, 1.54) is 32.1 Å². The van der Waals surface area contributed by atoms with Crippen LogP contribution in [0.1, 0.15) is 52.9 Å². The average molecular weight is 165 g/mol. The van der Waals surface area contributed by atoms with E-state index >= 15 is 0 Å². The summed E-state index contributed by atoms with van der Waals surface area (Å²) in [6.45, 7) is 6.37. The number of hydrogen-bond donors (Lipinski definition) is 0. The van der Waals surface area contributed by atoms with E-state index in [9.17, 15) is 0 Å². The van der Waals surface area contributed by atoms with Crippen LogP contribution in [0.3, 0.4) is 0 Å². The van der Waals surface area contributed by atoms with E-state index in [1.807, 2.05) is 13.8 Å². The van der Waals surface area contributed by atoms with E-state index in [-0.39, 0.29) is 0 Å². The van der Waals surface area contributed by atoms with Crippen molar-refractivity contribution in [3.63, 3.8) is 0 Å². The molecule has 0 atom stereocenters. The van der Waals surface area contributed by atoms with Crippen LogP contribution in [0.4, 0.5) is 0 Å². The zero-order chi connectivity index (χ0) is 8.97. The summed E-state index contributed by atoms with van der Waals surface area (Å²) in [6.07, 6.45) is 7.44. The highest BCUT2D eigenvalue weighted by Crippen LogP contribution is 2.43. The van der Waals surface area contributed by atoms with Crippen LogP contribution in [0.5, 0.6) is 0 Å². The Morgan fingerprint density at radius 3 is 1.92 bits per heavy atom. The summed E-state index contributed by atoms with van der Waals surface area (Å²) in [5.41, 5.74) is 0. The summed E-state index contributed by atoms with van der Waals surface area (Å²) in [4.78, 5) is 0. The lowest BCUT2D eigenvalue weighted by atomic mass is 9.42. The van der Waals surface area contributed by atoms with Crippen molar-refractivity contribution in [2.75, 3.05) is 0 Å². The smallest absolute Gasteiger partial charge is 0.0686 e. The van der Waals surface area contributed by atoms with Gasteiger partial charge < -0.3 is 0 Å². The third-order valence-electron chi connectivity index (χ3n) is 3.10. The van der Waals surface area contributed by atoms with Gasteiger partial charge in [0.1, 0.15) is 7.28 Å². The molecule has 0 amide bonds. The summed E-state index contributed by atoms with van der Waals surface area (Å²) >= 11 is 0. The predicted molar refractivity (Wildman–Crippen MR) is 56.9 cm³/mol. The fraction of sp³-hybridized carbons (Fsp3) is 1.00. The first-order chi connectivity index (χ1) is 5.84. The van der Waals surface area contributed by atoms with Crippen molar-refractivity contribution in [1.82, 2.24) is 0 Å². The molecule has 2 fully saturated rings. The minimum Gasteiger partial charge on any atom is -0.0686 e. The molecule has 2 aliphatic carbocycles. The fourth-order valence-electron chi connectivity index (χ4n) is 2.14. The van der Waals surface area contributed by atoms with Gasteiger partial charge in [-0.3, -0.25) is 0 Å². The first-order valence-corrected chi connectivity index (χ1v) is 5.69. The molecule has 2 rings (SSSR count). The maximum atomic E-state index is 2.63. The molecule has 12 heavy (non-hydrogen) atoms. The Labute approximate surface area is 78.4 Å². The minimum absolute atomic E-state index is 1.01. The second-order valence-corrected chi connectivity index (χ2v) is 4.22. The molecular formula is C11H22B. The molecule has 0 unspecified atom stereocenters. The minimum atomic E-state index is 1.01. The first-order valence-electron chi connectivity index (χ1n) is 5.69. The van der Waals surface area contributed by atoms with Crippen LogP contribution >= 0.6 is 0 Å². The Morgan fingerprint density at radius 2 is 1.58 bits per heavy atom. The van der Waals surface area contributed by atoms with Crippen LogP contribution in [0, 0.1) is 5.92 Å². The van der Waals surface area contributed by atoms with Gasteiger partial charge in [0.05, 0.1) is 0 Å². The molecule has 2 saturated carbocycles. The van der Waals surface area contributed by atoms with Gasteiger partial charge in [-0.05, 0) is 5.92 Å². The third-order valence-corrected chi connectivity index (χ3v) is 3.10. The molecule has 0 spiro atoms. The van der Waals surface area contributed by atoms with Crippen molar-refractivity contribution in [2.45, 2.75) is 64.5 Å². The first kappa shape index (κ1) is 10.1. The standard InChI is InChI=1S/C9H16B.C2H6/c1-7-5-9(6-7)10-8-3-2-4-8;1-2/h7-9H,2-6H2,1H3;1-2H3. The summed E-state index contributed by atoms with van der Waals surface area (Å²) in [5, 5.41) is 0. The van der Waals surface area contributed by atoms with Crippen LogP contribution in [-0.4, -0.2) is 7.28 Å². The van der Waals surface area contributed by atoms with E-state index in [4.69, 9.17) is 0 Å². The molecular weight excluding hydrogens is 143 g/mol. The fourth-order valence-corrected chi connectivity index (χ4v) is 2.14. The molecule has 0 saturated heterocycles. The van der Waals surface area contributed by atoms with Crippen LogP contribution < -0.4 is 0 Å². The molecule has 0 aromatic rings. The molecule has 1 heteroatoms. The zero-order valence-corrected chi connectivity index (χ0v) is 8.84. The van der Waals surface area contributed by atoms with Crippen molar-refractivity contribution >= 4 is 7.28 Å². The van der Waals surface area contributed by atoms with Gasteiger partial charge in [0, 0.05) is 0 Å². The molecule has 1 radical (unpaired) electrons. The molecule has 69 valence electrons. The quantitative estimate of drug-likeness (QED) is 0.544. The maximum Gasteiger partial charge on any atom is 0.117 e. The van der Waals surface area contributed by atoms with Gasteiger partial charge in [0.25, 0.3) is 0 Å². The van der Waals surface area contributed by atoms with Crippen molar-refractivity contribution in [3.8, 4) is 0 Å². The molecule has 2 aliphatic rings. The normalized spacial score (nSPS) is 33.9. The van der Waals surface area contributed by atoms with E-state index in [0.29, 0.717) is 0 Å². The SMILES string of the molecule is CC.CC1CC([B]C2CCC2)C1. The van der Waals surface area contributed by atoms with Crippen molar-refractivity contribution in [3.05, 3.63) is 0 Å². The predicted octanol–water partition coefficient (Wildman–Crippen LogP) is 3.91. The van der Waals surface area contributed by atoms with Crippen molar-refractivity contribution < 1.29 is 0 Å². The summed E-state index contributed by atoms with van der Waals surface area (Å²) in [5.74, 6) is 3.07. The molecule has 0 aromatic heterocycles. The monoisotopic (exact) mass is 165 g/mol. The lowest BCUT2D eigenvalue weighted by Crippen LogP contribution is -2.26. The van der Waals surface area contributed by atoms with Crippen LogP contribution in [0.2, 0.25) is 11.6 Å². The van der Waals surface area contributed by atoms with E-state index < -0.39 is 0 Å². The van der Waals surface area contributed by atoms with Gasteiger partial charge in [-0.1, -0.05) is 64.5 Å². The van der Waals surface area contributed by atoms with E-state index in [0.717, 1.165) is 17.6 Å². The molecule has 0 bridgehead atoms. The van der Waals surface area contributed by atoms with Gasteiger partial charge in [0.2, 0.25) is 0 Å². The zero-order valence-electron chi connectivity index (χ0n) is 8.84. The Bertz CT molecular complexity index is 112. The number of rotatable bonds is 2. The van der Waals surface area contributed by atoms with Gasteiger partial charge in [0.15, 0.2) is 0 Å². The molecule has 0 aromatic carbocycles. The Balaban J connectivity index is 0.000000336. The second-order valence-electron chi connectivity index (χ2n) is 4.22. The third kappa shape index (κ3) is 2.53. The van der Waals surface area contributed by atoms with Crippen LogP contribution in [0.15, 0.2) is 0 Å². The Morgan fingerprint density at radius 1 is 1.00 bits per heavy atom. The highest BCUT2D eigenvalue weighted by molar-refractivity contribution is 6.40. The molecule has 0 heterocycles.